The van der Waals surface area contributed by atoms with E-state index in [9.17, 15) is 13.6 Å². The summed E-state index contributed by atoms with van der Waals surface area (Å²) in [5.74, 6) is 0. The molecule has 94 valence electrons. The van der Waals surface area contributed by atoms with Crippen molar-refractivity contribution in [1.29, 1.82) is 0 Å². The summed E-state index contributed by atoms with van der Waals surface area (Å²) in [5.41, 5.74) is -0.541. The minimum absolute atomic E-state index is 0.241. The summed E-state index contributed by atoms with van der Waals surface area (Å²) < 4.78 is 26.8. The molecule has 0 spiro atoms. The zero-order chi connectivity index (χ0) is 12.3. The fraction of sp³-hybridized carbons (Fsp3) is 0.900. The lowest BCUT2D eigenvalue weighted by Crippen LogP contribution is -2.45. The van der Waals surface area contributed by atoms with Crippen LogP contribution >= 0.6 is 0 Å². The van der Waals surface area contributed by atoms with Crippen molar-refractivity contribution in [3.63, 3.8) is 0 Å². The predicted octanol–water partition coefficient (Wildman–Crippen LogP) is 1.27. The molecule has 1 fully saturated rings. The molecular formula is C10H18NO4S-. The summed E-state index contributed by atoms with van der Waals surface area (Å²) in [6.45, 7) is 6.18. The molecule has 1 rings (SSSR count). The third-order valence-corrected chi connectivity index (χ3v) is 3.23. The Morgan fingerprint density at radius 1 is 1.50 bits per heavy atom. The number of amides is 1. The normalized spacial score (nSPS) is 24.0. The lowest BCUT2D eigenvalue weighted by Gasteiger charge is -2.34. The summed E-state index contributed by atoms with van der Waals surface area (Å²) >= 11 is -2.11. The molecule has 0 aliphatic carbocycles. The van der Waals surface area contributed by atoms with Gasteiger partial charge in [-0.25, -0.2) is 4.79 Å². The molecule has 16 heavy (non-hydrogen) atoms. The van der Waals surface area contributed by atoms with Crippen LogP contribution in [0, 0.1) is 0 Å². The van der Waals surface area contributed by atoms with Crippen LogP contribution in [-0.4, -0.2) is 43.7 Å². The lowest BCUT2D eigenvalue weighted by atomic mass is 10.1. The van der Waals surface area contributed by atoms with E-state index >= 15 is 0 Å². The Kier molecular flexibility index (Phi) is 4.32. The van der Waals surface area contributed by atoms with E-state index in [1.807, 2.05) is 0 Å². The van der Waals surface area contributed by atoms with Crippen molar-refractivity contribution in [2.24, 2.45) is 0 Å². The molecule has 0 radical (unpaired) electrons. The smallest absolute Gasteiger partial charge is 0.410 e. The van der Waals surface area contributed by atoms with Crippen molar-refractivity contribution in [1.82, 2.24) is 4.90 Å². The quantitative estimate of drug-likeness (QED) is 0.655. The highest BCUT2D eigenvalue weighted by Gasteiger charge is 2.27. The van der Waals surface area contributed by atoms with E-state index in [4.69, 9.17) is 4.74 Å². The minimum Gasteiger partial charge on any atom is -0.772 e. The molecule has 1 unspecified atom stereocenters. The Balaban J connectivity index is 2.54. The number of likely N-dealkylation sites (tertiary alicyclic amines) is 1. The molecule has 0 saturated carbocycles. The van der Waals surface area contributed by atoms with E-state index in [0.29, 0.717) is 19.4 Å². The third kappa shape index (κ3) is 4.09. The van der Waals surface area contributed by atoms with Crippen LogP contribution in [0.1, 0.15) is 33.6 Å². The molecule has 1 heterocycles. The van der Waals surface area contributed by atoms with Crippen LogP contribution in [0.25, 0.3) is 0 Å². The summed E-state index contributed by atoms with van der Waals surface area (Å²) in [7, 11) is 0. The minimum atomic E-state index is -2.11. The van der Waals surface area contributed by atoms with Crippen LogP contribution in [-0.2, 0) is 15.8 Å². The van der Waals surface area contributed by atoms with Crippen molar-refractivity contribution < 1.29 is 18.3 Å². The molecule has 1 aliphatic rings. The van der Waals surface area contributed by atoms with Crippen molar-refractivity contribution in [3.8, 4) is 0 Å². The zero-order valence-electron chi connectivity index (χ0n) is 9.89. The SMILES string of the molecule is CC(C)(C)OC(=O)N1CCC[C@@H](S(=O)[O-])C1. The highest BCUT2D eigenvalue weighted by atomic mass is 32.2. The molecule has 0 aromatic carbocycles. The summed E-state index contributed by atoms with van der Waals surface area (Å²) in [6, 6.07) is 0. The van der Waals surface area contributed by atoms with E-state index < -0.39 is 28.0 Å². The number of hydrogen-bond donors (Lipinski definition) is 0. The van der Waals surface area contributed by atoms with Gasteiger partial charge in [0.15, 0.2) is 0 Å². The molecular weight excluding hydrogens is 230 g/mol. The average Bonchev–Trinajstić information content (AvgIpc) is 2.15. The van der Waals surface area contributed by atoms with Crippen LogP contribution < -0.4 is 0 Å². The zero-order valence-corrected chi connectivity index (χ0v) is 10.7. The van der Waals surface area contributed by atoms with Crippen molar-refractivity contribution >= 4 is 17.2 Å². The van der Waals surface area contributed by atoms with Gasteiger partial charge in [-0.3, -0.25) is 4.21 Å². The first kappa shape index (κ1) is 13.4. The van der Waals surface area contributed by atoms with Gasteiger partial charge in [0.2, 0.25) is 0 Å². The first-order valence-electron chi connectivity index (χ1n) is 5.35. The van der Waals surface area contributed by atoms with Gasteiger partial charge in [0.1, 0.15) is 5.60 Å². The standard InChI is InChI=1S/C10H19NO4S/c1-10(2,3)15-9(12)11-6-4-5-8(7-11)16(13)14/h8H,4-7H2,1-3H3,(H,13,14)/p-1/t8-/m1/s1. The molecule has 0 aromatic heterocycles. The number of rotatable bonds is 1. The van der Waals surface area contributed by atoms with Gasteiger partial charge in [0.05, 0.1) is 0 Å². The van der Waals surface area contributed by atoms with Crippen molar-refractivity contribution in [2.75, 3.05) is 13.1 Å². The van der Waals surface area contributed by atoms with Crippen molar-refractivity contribution in [3.05, 3.63) is 0 Å². The Bertz CT molecular complexity index is 287. The fourth-order valence-corrected chi connectivity index (χ4v) is 2.25. The summed E-state index contributed by atoms with van der Waals surface area (Å²) in [5, 5.41) is -0.457. The largest absolute Gasteiger partial charge is 0.772 e. The van der Waals surface area contributed by atoms with Crippen LogP contribution in [0.4, 0.5) is 4.79 Å². The van der Waals surface area contributed by atoms with Gasteiger partial charge >= 0.3 is 6.09 Å². The van der Waals surface area contributed by atoms with E-state index in [1.54, 1.807) is 20.8 Å². The van der Waals surface area contributed by atoms with E-state index in [-0.39, 0.29) is 6.54 Å². The average molecular weight is 248 g/mol. The highest BCUT2D eigenvalue weighted by molar-refractivity contribution is 7.79. The van der Waals surface area contributed by atoms with Crippen LogP contribution in [0.2, 0.25) is 0 Å². The lowest BCUT2D eigenvalue weighted by molar-refractivity contribution is 0.0218. The predicted molar refractivity (Wildman–Crippen MR) is 59.7 cm³/mol. The Hall–Kier alpha value is -0.620. The molecule has 0 bridgehead atoms. The first-order chi connectivity index (χ1) is 7.29. The van der Waals surface area contributed by atoms with E-state index in [0.717, 1.165) is 0 Å². The van der Waals surface area contributed by atoms with Crippen LogP contribution in [0.15, 0.2) is 0 Å². The number of nitrogens with zero attached hydrogens (tertiary/aromatic N) is 1. The van der Waals surface area contributed by atoms with Crippen LogP contribution in [0.3, 0.4) is 0 Å². The topological polar surface area (TPSA) is 69.7 Å². The number of hydrogen-bond acceptors (Lipinski definition) is 4. The van der Waals surface area contributed by atoms with E-state index in [2.05, 4.69) is 0 Å². The second kappa shape index (κ2) is 5.14. The highest BCUT2D eigenvalue weighted by Crippen LogP contribution is 2.17. The van der Waals surface area contributed by atoms with Gasteiger partial charge in [-0.2, -0.15) is 0 Å². The number of piperidine rings is 1. The number of ether oxygens (including phenoxy) is 1. The maximum absolute atomic E-state index is 11.7. The van der Waals surface area contributed by atoms with Gasteiger partial charge in [-0.1, -0.05) is 11.1 Å². The summed E-state index contributed by atoms with van der Waals surface area (Å²) in [4.78, 5) is 13.2. The second-order valence-electron chi connectivity index (χ2n) is 4.95. The first-order valence-corrected chi connectivity index (χ1v) is 6.49. The number of carbonyl (C=O) groups excluding carboxylic acids is 1. The maximum atomic E-state index is 11.7. The Labute approximate surface area is 98.4 Å². The van der Waals surface area contributed by atoms with Gasteiger partial charge in [-0.05, 0) is 33.6 Å². The van der Waals surface area contributed by atoms with E-state index in [1.165, 1.54) is 4.90 Å². The number of carbonyl (C=O) groups is 1. The molecule has 1 aliphatic heterocycles. The molecule has 0 N–H and O–H groups in total. The van der Waals surface area contributed by atoms with Crippen molar-refractivity contribution in [2.45, 2.75) is 44.5 Å². The monoisotopic (exact) mass is 248 g/mol. The molecule has 1 amide bonds. The molecule has 5 nitrogen and oxygen atoms in total. The Morgan fingerprint density at radius 2 is 2.12 bits per heavy atom. The maximum Gasteiger partial charge on any atom is 0.410 e. The molecule has 2 atom stereocenters. The van der Waals surface area contributed by atoms with Gasteiger partial charge < -0.3 is 14.2 Å². The van der Waals surface area contributed by atoms with Gasteiger partial charge in [0.25, 0.3) is 0 Å². The summed E-state index contributed by atoms with van der Waals surface area (Å²) in [6.07, 6.45) is 0.899. The molecule has 1 saturated heterocycles. The van der Waals surface area contributed by atoms with Crippen LogP contribution in [0.5, 0.6) is 0 Å². The molecule has 6 heteroatoms. The van der Waals surface area contributed by atoms with Gasteiger partial charge in [-0.15, -0.1) is 0 Å². The fourth-order valence-electron chi connectivity index (χ4n) is 1.59. The van der Waals surface area contributed by atoms with Gasteiger partial charge in [0, 0.05) is 18.3 Å². The second-order valence-corrected chi connectivity index (χ2v) is 6.14. The third-order valence-electron chi connectivity index (χ3n) is 2.30. The molecule has 0 aromatic rings. The Morgan fingerprint density at radius 3 is 2.62 bits per heavy atom.